The van der Waals surface area contributed by atoms with Gasteiger partial charge in [-0.25, -0.2) is 0 Å². The summed E-state index contributed by atoms with van der Waals surface area (Å²) in [6, 6.07) is 0. The summed E-state index contributed by atoms with van der Waals surface area (Å²) in [5, 5.41) is 18.8. The largest absolute Gasteiger partial charge is 0.481 e. The second kappa shape index (κ2) is 6.84. The molecule has 1 fully saturated rings. The number of aliphatic carboxylic acids is 1. The number of nitrogens with zero attached hydrogens (tertiary/aromatic N) is 1. The van der Waals surface area contributed by atoms with E-state index in [1.165, 1.54) is 4.31 Å². The Labute approximate surface area is 120 Å². The Hall–Kier alpha value is -0.700. The molecule has 1 rings (SSSR count). The van der Waals surface area contributed by atoms with E-state index >= 15 is 0 Å². The molecule has 0 aromatic heterocycles. The van der Waals surface area contributed by atoms with Gasteiger partial charge in [0.25, 0.3) is 10.2 Å². The average molecular weight is 308 g/mol. The predicted molar refractivity (Wildman–Crippen MR) is 74.4 cm³/mol. The second-order valence-electron chi connectivity index (χ2n) is 5.58. The minimum atomic E-state index is -3.65. The second-order valence-corrected chi connectivity index (χ2v) is 7.34. The highest BCUT2D eigenvalue weighted by molar-refractivity contribution is 7.87. The van der Waals surface area contributed by atoms with Crippen molar-refractivity contribution in [2.24, 2.45) is 5.92 Å². The first kappa shape index (κ1) is 17.4. The summed E-state index contributed by atoms with van der Waals surface area (Å²) in [4.78, 5) is 10.8. The highest BCUT2D eigenvalue weighted by Crippen LogP contribution is 2.19. The Morgan fingerprint density at radius 3 is 2.40 bits per heavy atom. The number of hydrogen-bond acceptors (Lipinski definition) is 4. The molecular weight excluding hydrogens is 284 g/mol. The van der Waals surface area contributed by atoms with Gasteiger partial charge in [-0.15, -0.1) is 0 Å². The number of carboxylic acids is 1. The fraction of sp³-hybridized carbons (Fsp3) is 0.917. The van der Waals surface area contributed by atoms with Crippen LogP contribution in [0.25, 0.3) is 0 Å². The summed E-state index contributed by atoms with van der Waals surface area (Å²) in [6.07, 6.45) is 1.92. The van der Waals surface area contributed by atoms with Gasteiger partial charge in [0.1, 0.15) is 0 Å². The standard InChI is InChI=1S/C12H24N2O5S/c1-3-6-12(2,17)9-13-20(18,19)14-7-4-10(5-8-14)11(15)16/h10,13,17H,3-9H2,1-2H3,(H,15,16). The van der Waals surface area contributed by atoms with Crippen LogP contribution >= 0.6 is 0 Å². The van der Waals surface area contributed by atoms with Crippen molar-refractivity contribution < 1.29 is 23.4 Å². The van der Waals surface area contributed by atoms with Crippen molar-refractivity contribution in [1.29, 1.82) is 0 Å². The first-order chi connectivity index (χ1) is 9.18. The van der Waals surface area contributed by atoms with Crippen molar-refractivity contribution in [3.63, 3.8) is 0 Å². The van der Waals surface area contributed by atoms with Crippen LogP contribution in [0, 0.1) is 5.92 Å². The molecule has 3 N–H and O–H groups in total. The summed E-state index contributed by atoms with van der Waals surface area (Å²) >= 11 is 0. The van der Waals surface area contributed by atoms with Gasteiger partial charge in [-0.1, -0.05) is 13.3 Å². The molecule has 0 spiro atoms. The number of carbonyl (C=O) groups is 1. The molecule has 1 atom stereocenters. The zero-order valence-corrected chi connectivity index (χ0v) is 12.8. The lowest BCUT2D eigenvalue weighted by molar-refractivity contribution is -0.142. The Morgan fingerprint density at radius 2 is 1.95 bits per heavy atom. The van der Waals surface area contributed by atoms with Crippen LogP contribution in [-0.4, -0.2) is 54.1 Å². The van der Waals surface area contributed by atoms with Gasteiger partial charge in [-0.05, 0) is 26.2 Å². The SMILES string of the molecule is CCCC(C)(O)CNS(=O)(=O)N1CCC(C(=O)O)CC1. The van der Waals surface area contributed by atoms with E-state index in [0.717, 1.165) is 6.42 Å². The summed E-state index contributed by atoms with van der Waals surface area (Å²) < 4.78 is 27.8. The van der Waals surface area contributed by atoms with Crippen LogP contribution in [0.4, 0.5) is 0 Å². The van der Waals surface area contributed by atoms with Gasteiger partial charge >= 0.3 is 5.97 Å². The molecule has 0 aliphatic carbocycles. The van der Waals surface area contributed by atoms with E-state index in [-0.39, 0.29) is 19.6 Å². The van der Waals surface area contributed by atoms with Crippen molar-refractivity contribution in [3.8, 4) is 0 Å². The van der Waals surface area contributed by atoms with Crippen LogP contribution < -0.4 is 4.72 Å². The van der Waals surface area contributed by atoms with E-state index in [2.05, 4.69) is 4.72 Å². The molecule has 0 aromatic rings. The topological polar surface area (TPSA) is 107 Å². The van der Waals surface area contributed by atoms with Crippen LogP contribution in [0.5, 0.6) is 0 Å². The number of hydrogen-bond donors (Lipinski definition) is 3. The molecule has 7 nitrogen and oxygen atoms in total. The van der Waals surface area contributed by atoms with Gasteiger partial charge in [0, 0.05) is 19.6 Å². The molecule has 0 amide bonds. The van der Waals surface area contributed by atoms with Gasteiger partial charge in [-0.2, -0.15) is 17.4 Å². The highest BCUT2D eigenvalue weighted by atomic mass is 32.2. The minimum Gasteiger partial charge on any atom is -0.481 e. The Bertz CT molecular complexity index is 427. The molecule has 1 aliphatic heterocycles. The molecule has 0 aromatic carbocycles. The third kappa shape index (κ3) is 5.01. The zero-order chi connectivity index (χ0) is 15.4. The summed E-state index contributed by atoms with van der Waals surface area (Å²) in [5.41, 5.74) is -1.07. The van der Waals surface area contributed by atoms with E-state index in [1.54, 1.807) is 6.92 Å². The van der Waals surface area contributed by atoms with E-state index in [1.807, 2.05) is 6.92 Å². The molecule has 118 valence electrons. The zero-order valence-electron chi connectivity index (χ0n) is 12.0. The fourth-order valence-electron chi connectivity index (χ4n) is 2.31. The smallest absolute Gasteiger partial charge is 0.306 e. The lowest BCUT2D eigenvalue weighted by Crippen LogP contribution is -2.49. The van der Waals surface area contributed by atoms with Crippen molar-refractivity contribution in [2.45, 2.75) is 45.1 Å². The third-order valence-corrected chi connectivity index (χ3v) is 5.12. The first-order valence-electron chi connectivity index (χ1n) is 6.88. The highest BCUT2D eigenvalue weighted by Gasteiger charge is 2.32. The Kier molecular flexibility index (Phi) is 5.93. The van der Waals surface area contributed by atoms with E-state index in [9.17, 15) is 18.3 Å². The molecular formula is C12H24N2O5S. The molecule has 20 heavy (non-hydrogen) atoms. The normalized spacial score (nSPS) is 21.6. The lowest BCUT2D eigenvalue weighted by Gasteiger charge is -2.31. The summed E-state index contributed by atoms with van der Waals surface area (Å²) in [6.45, 7) is 3.86. The van der Waals surface area contributed by atoms with Crippen LogP contribution in [-0.2, 0) is 15.0 Å². The maximum absolute atomic E-state index is 12.1. The van der Waals surface area contributed by atoms with Crippen LogP contribution in [0.3, 0.4) is 0 Å². The van der Waals surface area contributed by atoms with Crippen LogP contribution in [0.2, 0.25) is 0 Å². The molecule has 1 unspecified atom stereocenters. The molecule has 0 bridgehead atoms. The van der Waals surface area contributed by atoms with Crippen molar-refractivity contribution in [3.05, 3.63) is 0 Å². The van der Waals surface area contributed by atoms with E-state index < -0.39 is 27.7 Å². The Balaban J connectivity index is 2.52. The predicted octanol–water partition coefficient (Wildman–Crippen LogP) is 0.169. The maximum atomic E-state index is 12.1. The molecule has 0 radical (unpaired) electrons. The van der Waals surface area contributed by atoms with E-state index in [4.69, 9.17) is 5.11 Å². The number of piperidine rings is 1. The van der Waals surface area contributed by atoms with Crippen molar-refractivity contribution >= 4 is 16.2 Å². The first-order valence-corrected chi connectivity index (χ1v) is 8.32. The summed E-state index contributed by atoms with van der Waals surface area (Å²) in [5.74, 6) is -1.34. The third-order valence-electron chi connectivity index (χ3n) is 3.57. The maximum Gasteiger partial charge on any atom is 0.306 e. The van der Waals surface area contributed by atoms with Gasteiger partial charge < -0.3 is 10.2 Å². The summed E-state index contributed by atoms with van der Waals surface area (Å²) in [7, 11) is -3.65. The fourth-order valence-corrected chi connectivity index (χ4v) is 3.68. The monoisotopic (exact) mass is 308 g/mol. The van der Waals surface area contributed by atoms with E-state index in [0.29, 0.717) is 19.3 Å². The van der Waals surface area contributed by atoms with Crippen molar-refractivity contribution in [2.75, 3.05) is 19.6 Å². The quantitative estimate of drug-likeness (QED) is 0.621. The van der Waals surface area contributed by atoms with Gasteiger partial charge in [0.05, 0.1) is 11.5 Å². The van der Waals surface area contributed by atoms with Crippen molar-refractivity contribution in [1.82, 2.24) is 9.03 Å². The lowest BCUT2D eigenvalue weighted by atomic mass is 9.99. The number of nitrogens with one attached hydrogen (secondary N) is 1. The number of carboxylic acid groups (broad SMARTS) is 1. The average Bonchev–Trinajstić information content (AvgIpc) is 2.37. The molecule has 1 saturated heterocycles. The minimum absolute atomic E-state index is 0.0397. The van der Waals surface area contributed by atoms with Gasteiger partial charge in [0.15, 0.2) is 0 Å². The molecule has 8 heteroatoms. The molecule has 1 heterocycles. The number of rotatable bonds is 7. The van der Waals surface area contributed by atoms with Gasteiger partial charge in [-0.3, -0.25) is 4.79 Å². The Morgan fingerprint density at radius 1 is 1.40 bits per heavy atom. The molecule has 0 saturated carbocycles. The van der Waals surface area contributed by atoms with Crippen LogP contribution in [0.1, 0.15) is 39.5 Å². The number of aliphatic hydroxyl groups is 1. The van der Waals surface area contributed by atoms with Gasteiger partial charge in [0.2, 0.25) is 0 Å². The van der Waals surface area contributed by atoms with Crippen LogP contribution in [0.15, 0.2) is 0 Å². The molecule has 1 aliphatic rings.